The summed E-state index contributed by atoms with van der Waals surface area (Å²) < 4.78 is 11.8. The van der Waals surface area contributed by atoms with Gasteiger partial charge in [-0.05, 0) is 57.1 Å². The molecular weight excluding hydrogens is 316 g/mol. The Labute approximate surface area is 150 Å². The first-order valence-electron chi connectivity index (χ1n) is 9.58. The number of carbonyl (C=O) groups is 1. The maximum Gasteiger partial charge on any atom is 0.217 e. The third-order valence-corrected chi connectivity index (χ3v) is 5.08. The normalized spacial score (nSPS) is 26.7. The van der Waals surface area contributed by atoms with Gasteiger partial charge in [0.05, 0.1) is 11.8 Å². The number of carbonyl (C=O) groups excluding carboxylic acids is 1. The Hall–Kier alpha value is -1.75. The lowest BCUT2D eigenvalue weighted by Crippen LogP contribution is -2.39. The molecular formula is C20H30N2O3. The molecule has 1 aliphatic heterocycles. The van der Waals surface area contributed by atoms with Crippen LogP contribution in [0.15, 0.2) is 24.3 Å². The Kier molecular flexibility index (Phi) is 6.56. The van der Waals surface area contributed by atoms with Crippen molar-refractivity contribution < 1.29 is 14.3 Å². The van der Waals surface area contributed by atoms with Crippen LogP contribution < -0.4 is 15.4 Å². The molecule has 1 atom stereocenters. The van der Waals surface area contributed by atoms with Crippen molar-refractivity contribution in [1.82, 2.24) is 5.32 Å². The van der Waals surface area contributed by atoms with Gasteiger partial charge in [0.1, 0.15) is 12.4 Å². The van der Waals surface area contributed by atoms with Gasteiger partial charge in [0.25, 0.3) is 0 Å². The molecule has 5 nitrogen and oxygen atoms in total. The molecule has 0 spiro atoms. The van der Waals surface area contributed by atoms with Crippen molar-refractivity contribution in [2.24, 2.45) is 0 Å². The highest BCUT2D eigenvalue weighted by Gasteiger charge is 2.22. The quantitative estimate of drug-likeness (QED) is 0.828. The van der Waals surface area contributed by atoms with Gasteiger partial charge in [0, 0.05) is 25.6 Å². The molecule has 0 aromatic heterocycles. The summed E-state index contributed by atoms with van der Waals surface area (Å²) in [6.45, 7) is 3.06. The second kappa shape index (κ2) is 9.09. The molecule has 0 radical (unpaired) electrons. The summed E-state index contributed by atoms with van der Waals surface area (Å²) in [7, 11) is 0. The zero-order valence-corrected chi connectivity index (χ0v) is 15.1. The first kappa shape index (κ1) is 18.1. The molecule has 2 aliphatic rings. The smallest absolute Gasteiger partial charge is 0.217 e. The van der Waals surface area contributed by atoms with E-state index in [0.29, 0.717) is 18.7 Å². The monoisotopic (exact) mass is 346 g/mol. The van der Waals surface area contributed by atoms with Gasteiger partial charge in [-0.25, -0.2) is 0 Å². The fourth-order valence-corrected chi connectivity index (χ4v) is 3.72. The number of rotatable bonds is 6. The van der Waals surface area contributed by atoms with E-state index in [4.69, 9.17) is 9.47 Å². The number of hydrogen-bond donors (Lipinski definition) is 2. The summed E-state index contributed by atoms with van der Waals surface area (Å²) in [4.78, 5) is 11.2. The number of amides is 1. The van der Waals surface area contributed by atoms with Crippen LogP contribution in [-0.4, -0.2) is 37.3 Å². The van der Waals surface area contributed by atoms with E-state index in [0.717, 1.165) is 56.6 Å². The van der Waals surface area contributed by atoms with Gasteiger partial charge in [-0.3, -0.25) is 4.79 Å². The van der Waals surface area contributed by atoms with Crippen LogP contribution in [-0.2, 0) is 9.53 Å². The molecule has 1 aromatic carbocycles. The largest absolute Gasteiger partial charge is 0.489 e. The van der Waals surface area contributed by atoms with Gasteiger partial charge in [-0.15, -0.1) is 0 Å². The molecule has 1 saturated carbocycles. The van der Waals surface area contributed by atoms with Gasteiger partial charge in [0.2, 0.25) is 5.91 Å². The number of hydrogen-bond acceptors (Lipinski definition) is 4. The molecule has 5 heteroatoms. The van der Waals surface area contributed by atoms with Crippen LogP contribution in [0.1, 0.15) is 51.9 Å². The molecule has 1 saturated heterocycles. The lowest BCUT2D eigenvalue weighted by atomic mass is 9.91. The van der Waals surface area contributed by atoms with Crippen LogP contribution in [0.3, 0.4) is 0 Å². The minimum absolute atomic E-state index is 0.0695. The predicted molar refractivity (Wildman–Crippen MR) is 99.0 cm³/mol. The van der Waals surface area contributed by atoms with E-state index in [1.165, 1.54) is 6.42 Å². The van der Waals surface area contributed by atoms with Crippen molar-refractivity contribution in [1.29, 1.82) is 0 Å². The Bertz CT molecular complexity index is 550. The van der Waals surface area contributed by atoms with E-state index in [9.17, 15) is 4.79 Å². The molecule has 1 aromatic rings. The number of ether oxygens (including phenoxy) is 2. The Morgan fingerprint density at radius 1 is 1.12 bits per heavy atom. The van der Waals surface area contributed by atoms with Crippen molar-refractivity contribution in [3.05, 3.63) is 24.3 Å². The lowest BCUT2D eigenvalue weighted by molar-refractivity contribution is -0.119. The van der Waals surface area contributed by atoms with Crippen molar-refractivity contribution in [2.75, 3.05) is 18.5 Å². The Morgan fingerprint density at radius 3 is 2.60 bits per heavy atom. The van der Waals surface area contributed by atoms with Gasteiger partial charge in [0.15, 0.2) is 0 Å². The Balaban J connectivity index is 1.50. The third kappa shape index (κ3) is 5.63. The molecule has 2 fully saturated rings. The number of nitrogens with one attached hydrogen (secondary N) is 2. The maximum atomic E-state index is 11.2. The fraction of sp³-hybridized carbons (Fsp3) is 0.650. The zero-order valence-electron chi connectivity index (χ0n) is 15.1. The van der Waals surface area contributed by atoms with Crippen LogP contribution >= 0.6 is 0 Å². The predicted octanol–water partition coefficient (Wildman–Crippen LogP) is 3.49. The summed E-state index contributed by atoms with van der Waals surface area (Å²) in [6.07, 6.45) is 7.86. The summed E-state index contributed by atoms with van der Waals surface area (Å²) >= 11 is 0. The van der Waals surface area contributed by atoms with Crippen molar-refractivity contribution in [2.45, 2.75) is 70.1 Å². The van der Waals surface area contributed by atoms with Crippen molar-refractivity contribution in [3.8, 4) is 5.75 Å². The molecule has 0 unspecified atom stereocenters. The van der Waals surface area contributed by atoms with Crippen LogP contribution in [0.5, 0.6) is 5.75 Å². The van der Waals surface area contributed by atoms with Gasteiger partial charge in [-0.2, -0.15) is 0 Å². The summed E-state index contributed by atoms with van der Waals surface area (Å²) in [5, 5.41) is 6.66. The van der Waals surface area contributed by atoms with E-state index in [2.05, 4.69) is 16.7 Å². The molecule has 25 heavy (non-hydrogen) atoms. The molecule has 1 amide bonds. The average Bonchev–Trinajstić information content (AvgIpc) is 2.63. The van der Waals surface area contributed by atoms with Gasteiger partial charge in [-0.1, -0.05) is 12.1 Å². The average molecular weight is 346 g/mol. The van der Waals surface area contributed by atoms with Gasteiger partial charge < -0.3 is 20.1 Å². The molecule has 1 heterocycles. The second-order valence-corrected chi connectivity index (χ2v) is 7.19. The van der Waals surface area contributed by atoms with Crippen molar-refractivity contribution in [3.63, 3.8) is 0 Å². The number of para-hydroxylation sites is 2. The topological polar surface area (TPSA) is 59.6 Å². The zero-order chi connectivity index (χ0) is 17.5. The van der Waals surface area contributed by atoms with E-state index < -0.39 is 0 Å². The highest BCUT2D eigenvalue weighted by Crippen LogP contribution is 2.29. The van der Waals surface area contributed by atoms with E-state index in [1.807, 2.05) is 18.2 Å². The van der Waals surface area contributed by atoms with Crippen molar-refractivity contribution >= 4 is 11.6 Å². The molecule has 138 valence electrons. The highest BCUT2D eigenvalue weighted by molar-refractivity contribution is 5.73. The molecule has 0 bridgehead atoms. The summed E-state index contributed by atoms with van der Waals surface area (Å²) in [6, 6.07) is 8.90. The number of benzene rings is 1. The summed E-state index contributed by atoms with van der Waals surface area (Å²) in [5.74, 6) is 0.973. The third-order valence-electron chi connectivity index (χ3n) is 5.08. The maximum absolute atomic E-state index is 11.2. The Morgan fingerprint density at radius 2 is 1.88 bits per heavy atom. The van der Waals surface area contributed by atoms with Gasteiger partial charge >= 0.3 is 0 Å². The summed E-state index contributed by atoms with van der Waals surface area (Å²) in [5.41, 5.74) is 1.06. The minimum Gasteiger partial charge on any atom is -0.489 e. The SMILES string of the molecule is CC(=O)NC1CCC(Nc2ccccc2OC[C@@H]2CCCCO2)CC1. The fourth-order valence-electron chi connectivity index (χ4n) is 3.72. The molecule has 1 aliphatic carbocycles. The molecule has 2 N–H and O–H groups in total. The standard InChI is InChI=1S/C20H30N2O3/c1-15(23)21-16-9-11-17(12-10-16)22-19-7-2-3-8-20(19)25-14-18-6-4-5-13-24-18/h2-3,7-8,16-18,22H,4-6,9-14H2,1H3,(H,21,23)/t16?,17?,18-/m0/s1. The first-order chi connectivity index (χ1) is 12.2. The van der Waals surface area contributed by atoms with Crippen LogP contribution in [0, 0.1) is 0 Å². The van der Waals surface area contributed by atoms with E-state index >= 15 is 0 Å². The molecule has 3 rings (SSSR count). The van der Waals surface area contributed by atoms with Crippen LogP contribution in [0.2, 0.25) is 0 Å². The number of anilines is 1. The van der Waals surface area contributed by atoms with Crippen LogP contribution in [0.25, 0.3) is 0 Å². The second-order valence-electron chi connectivity index (χ2n) is 7.19. The minimum atomic E-state index is 0.0695. The van der Waals surface area contributed by atoms with Crippen LogP contribution in [0.4, 0.5) is 5.69 Å². The first-order valence-corrected chi connectivity index (χ1v) is 9.58. The lowest BCUT2D eigenvalue weighted by Gasteiger charge is -2.30. The van der Waals surface area contributed by atoms with E-state index in [1.54, 1.807) is 6.92 Å². The van der Waals surface area contributed by atoms with E-state index in [-0.39, 0.29) is 12.0 Å². The highest BCUT2D eigenvalue weighted by atomic mass is 16.5.